The second-order valence-electron chi connectivity index (χ2n) is 4.66. The maximum Gasteiger partial charge on any atom is 0.321 e. The third-order valence-electron chi connectivity index (χ3n) is 3.13. The minimum absolute atomic E-state index is 0.0697. The topological polar surface area (TPSA) is 95.7 Å². The molecule has 1 aromatic rings. The van der Waals surface area contributed by atoms with Gasteiger partial charge >= 0.3 is 11.9 Å². The summed E-state index contributed by atoms with van der Waals surface area (Å²) in [4.78, 5) is 34.8. The normalized spacial score (nSPS) is 11.8. The molecule has 0 radical (unpaired) electrons. The summed E-state index contributed by atoms with van der Waals surface area (Å²) in [6.07, 6.45) is 0. The fourth-order valence-corrected chi connectivity index (χ4v) is 2.43. The van der Waals surface area contributed by atoms with Crippen LogP contribution >= 0.6 is 15.9 Å². The van der Waals surface area contributed by atoms with Crippen molar-refractivity contribution < 1.29 is 24.0 Å². The first-order chi connectivity index (χ1) is 10.9. The zero-order chi connectivity index (χ0) is 17.4. The van der Waals surface area contributed by atoms with E-state index in [1.807, 2.05) is 0 Å². The Hall–Kier alpha value is -1.96. The van der Waals surface area contributed by atoms with Gasteiger partial charge in [-0.2, -0.15) is 0 Å². The Morgan fingerprint density at radius 3 is 2.00 bits per heavy atom. The van der Waals surface area contributed by atoms with E-state index in [1.54, 1.807) is 38.1 Å². The summed E-state index contributed by atoms with van der Waals surface area (Å²) in [5, 5.41) is 11.0. The standard InChI is InChI=1S/C15H18BrNO6/c1-3-22-14(18)13(15(19)23-4-2)12(9-17(20)21)10-5-7-11(16)8-6-10/h5-8,12-13H,3-4,9H2,1-2H3/t12-/m0/s1. The van der Waals surface area contributed by atoms with Gasteiger partial charge in [-0.15, -0.1) is 0 Å². The number of halogens is 1. The highest BCUT2D eigenvalue weighted by molar-refractivity contribution is 9.10. The SMILES string of the molecule is CCOC(=O)C(C(=O)OCC)[C@@H](C[N+](=O)[O-])c1ccc(Br)cc1. The highest BCUT2D eigenvalue weighted by Crippen LogP contribution is 2.29. The molecule has 1 atom stereocenters. The van der Waals surface area contributed by atoms with Gasteiger partial charge in [-0.05, 0) is 31.5 Å². The van der Waals surface area contributed by atoms with Gasteiger partial charge in [-0.1, -0.05) is 28.1 Å². The summed E-state index contributed by atoms with van der Waals surface area (Å²) in [6.45, 7) is 2.76. The minimum Gasteiger partial charge on any atom is -0.465 e. The van der Waals surface area contributed by atoms with Crippen LogP contribution in [-0.2, 0) is 19.1 Å². The first-order valence-corrected chi connectivity index (χ1v) is 7.90. The summed E-state index contributed by atoms with van der Waals surface area (Å²) < 4.78 is 10.6. The van der Waals surface area contributed by atoms with Gasteiger partial charge in [0.05, 0.1) is 19.1 Å². The van der Waals surface area contributed by atoms with Crippen molar-refractivity contribution in [2.24, 2.45) is 5.92 Å². The van der Waals surface area contributed by atoms with Crippen LogP contribution in [0.5, 0.6) is 0 Å². The molecule has 0 bridgehead atoms. The zero-order valence-electron chi connectivity index (χ0n) is 12.9. The van der Waals surface area contributed by atoms with E-state index in [0.29, 0.717) is 5.56 Å². The molecule has 0 heterocycles. The van der Waals surface area contributed by atoms with E-state index in [9.17, 15) is 19.7 Å². The lowest BCUT2D eigenvalue weighted by atomic mass is 9.86. The van der Waals surface area contributed by atoms with Crippen molar-refractivity contribution in [1.82, 2.24) is 0 Å². The Bertz CT molecular complexity index is 542. The summed E-state index contributed by atoms with van der Waals surface area (Å²) >= 11 is 3.27. The molecule has 0 aliphatic carbocycles. The second kappa shape index (κ2) is 9.24. The Morgan fingerprint density at radius 1 is 1.13 bits per heavy atom. The van der Waals surface area contributed by atoms with Crippen LogP contribution in [0.1, 0.15) is 25.3 Å². The number of hydrogen-bond donors (Lipinski definition) is 0. The monoisotopic (exact) mass is 387 g/mol. The van der Waals surface area contributed by atoms with Crippen LogP contribution in [0.3, 0.4) is 0 Å². The molecule has 7 nitrogen and oxygen atoms in total. The fraction of sp³-hybridized carbons (Fsp3) is 0.467. The molecule has 0 aromatic heterocycles. The van der Waals surface area contributed by atoms with E-state index >= 15 is 0 Å². The lowest BCUT2D eigenvalue weighted by Gasteiger charge is -2.21. The molecular formula is C15H18BrNO6. The molecule has 0 aliphatic rings. The molecular weight excluding hydrogens is 370 g/mol. The van der Waals surface area contributed by atoms with Crippen molar-refractivity contribution in [3.05, 3.63) is 44.4 Å². The van der Waals surface area contributed by atoms with Crippen LogP contribution < -0.4 is 0 Å². The first kappa shape index (κ1) is 19.1. The Kier molecular flexibility index (Phi) is 7.67. The highest BCUT2D eigenvalue weighted by atomic mass is 79.9. The maximum atomic E-state index is 12.2. The fourth-order valence-electron chi connectivity index (χ4n) is 2.16. The van der Waals surface area contributed by atoms with E-state index in [1.165, 1.54) is 0 Å². The number of carbonyl (C=O) groups is 2. The van der Waals surface area contributed by atoms with Crippen molar-refractivity contribution in [3.63, 3.8) is 0 Å². The molecule has 8 heteroatoms. The lowest BCUT2D eigenvalue weighted by molar-refractivity contribution is -0.484. The third-order valence-corrected chi connectivity index (χ3v) is 3.66. The largest absolute Gasteiger partial charge is 0.465 e. The molecule has 0 aliphatic heterocycles. The van der Waals surface area contributed by atoms with E-state index in [2.05, 4.69) is 15.9 Å². The van der Waals surface area contributed by atoms with Gasteiger partial charge in [0.2, 0.25) is 6.54 Å². The van der Waals surface area contributed by atoms with Crippen molar-refractivity contribution in [2.45, 2.75) is 19.8 Å². The molecule has 0 fully saturated rings. The van der Waals surface area contributed by atoms with Crippen LogP contribution in [0, 0.1) is 16.0 Å². The quantitative estimate of drug-likeness (QED) is 0.294. The summed E-state index contributed by atoms with van der Waals surface area (Å²) in [5.41, 5.74) is 0.496. The van der Waals surface area contributed by atoms with Crippen LogP contribution in [0.25, 0.3) is 0 Å². The number of ether oxygens (including phenoxy) is 2. The molecule has 0 unspecified atom stereocenters. The van der Waals surface area contributed by atoms with Crippen molar-refractivity contribution in [3.8, 4) is 0 Å². The van der Waals surface area contributed by atoms with E-state index < -0.39 is 35.2 Å². The average Bonchev–Trinajstić information content (AvgIpc) is 2.47. The summed E-state index contributed by atoms with van der Waals surface area (Å²) in [5.74, 6) is -3.97. The average molecular weight is 388 g/mol. The summed E-state index contributed by atoms with van der Waals surface area (Å²) in [6, 6.07) is 6.64. The van der Waals surface area contributed by atoms with Crippen LogP contribution in [0.4, 0.5) is 0 Å². The number of esters is 2. The molecule has 0 saturated heterocycles. The third kappa shape index (κ3) is 5.63. The smallest absolute Gasteiger partial charge is 0.321 e. The highest BCUT2D eigenvalue weighted by Gasteiger charge is 2.41. The number of nitro groups is 1. The van der Waals surface area contributed by atoms with Gasteiger partial charge < -0.3 is 9.47 Å². The molecule has 0 N–H and O–H groups in total. The van der Waals surface area contributed by atoms with Crippen LogP contribution in [0.15, 0.2) is 28.7 Å². The zero-order valence-corrected chi connectivity index (χ0v) is 14.4. The van der Waals surface area contributed by atoms with Gasteiger partial charge in [0.1, 0.15) is 0 Å². The second-order valence-corrected chi connectivity index (χ2v) is 5.57. The Labute approximate surface area is 142 Å². The maximum absolute atomic E-state index is 12.2. The molecule has 0 spiro atoms. The van der Waals surface area contributed by atoms with Gasteiger partial charge in [0, 0.05) is 9.40 Å². The van der Waals surface area contributed by atoms with Crippen LogP contribution in [0.2, 0.25) is 0 Å². The first-order valence-electron chi connectivity index (χ1n) is 7.11. The Morgan fingerprint density at radius 2 is 1.61 bits per heavy atom. The van der Waals surface area contributed by atoms with Gasteiger partial charge in [0.25, 0.3) is 0 Å². The lowest BCUT2D eigenvalue weighted by Crippen LogP contribution is -2.36. The number of nitrogens with zero attached hydrogens (tertiary/aromatic N) is 1. The number of rotatable bonds is 8. The van der Waals surface area contributed by atoms with E-state index in [4.69, 9.17) is 9.47 Å². The van der Waals surface area contributed by atoms with E-state index in [0.717, 1.165) is 4.47 Å². The molecule has 23 heavy (non-hydrogen) atoms. The number of benzene rings is 1. The molecule has 0 saturated carbocycles. The molecule has 0 amide bonds. The summed E-state index contributed by atoms with van der Waals surface area (Å²) in [7, 11) is 0. The van der Waals surface area contributed by atoms with Gasteiger partial charge in [-0.3, -0.25) is 19.7 Å². The number of carbonyl (C=O) groups excluding carboxylic acids is 2. The van der Waals surface area contributed by atoms with E-state index in [-0.39, 0.29) is 13.2 Å². The predicted octanol–water partition coefficient (Wildman–Crippen LogP) is 2.55. The van der Waals surface area contributed by atoms with Crippen molar-refractivity contribution >= 4 is 27.9 Å². The van der Waals surface area contributed by atoms with Crippen molar-refractivity contribution in [1.29, 1.82) is 0 Å². The van der Waals surface area contributed by atoms with Crippen LogP contribution in [-0.4, -0.2) is 36.6 Å². The predicted molar refractivity (Wildman–Crippen MR) is 85.5 cm³/mol. The van der Waals surface area contributed by atoms with Gasteiger partial charge in [0.15, 0.2) is 5.92 Å². The Balaban J connectivity index is 3.24. The van der Waals surface area contributed by atoms with Crippen molar-refractivity contribution in [2.75, 3.05) is 19.8 Å². The minimum atomic E-state index is -1.37. The van der Waals surface area contributed by atoms with Gasteiger partial charge in [-0.25, -0.2) is 0 Å². The molecule has 1 aromatic carbocycles. The number of hydrogen-bond acceptors (Lipinski definition) is 6. The molecule has 1 rings (SSSR count). The molecule has 126 valence electrons.